The van der Waals surface area contributed by atoms with Gasteiger partial charge in [0.25, 0.3) is 0 Å². The Hall–Kier alpha value is -1.97. The van der Waals surface area contributed by atoms with Gasteiger partial charge in [-0.25, -0.2) is 4.79 Å². The molecule has 0 N–H and O–H groups in total. The van der Waals surface area contributed by atoms with Gasteiger partial charge in [0.2, 0.25) is 0 Å². The van der Waals surface area contributed by atoms with Crippen LogP contribution in [0.3, 0.4) is 0 Å². The van der Waals surface area contributed by atoms with Gasteiger partial charge in [-0.1, -0.05) is 0 Å². The maximum Gasteiger partial charge on any atom is 0.342 e. The highest BCUT2D eigenvalue weighted by Crippen LogP contribution is 2.29. The Morgan fingerprint density at radius 3 is 2.82 bits per heavy atom. The van der Waals surface area contributed by atoms with Gasteiger partial charge in [-0.2, -0.15) is 0 Å². The SMILES string of the molecule is CCOC(=O)c1c(C)oc2ccc(OC)cc12. The number of rotatable bonds is 3. The molecule has 1 aromatic carbocycles. The zero-order valence-corrected chi connectivity index (χ0v) is 10.1. The number of aryl methyl sites for hydroxylation is 1. The van der Waals surface area contributed by atoms with Crippen molar-refractivity contribution in [3.8, 4) is 5.75 Å². The van der Waals surface area contributed by atoms with Crippen LogP contribution in [0.5, 0.6) is 5.75 Å². The molecule has 0 atom stereocenters. The molecule has 1 heterocycles. The fourth-order valence-electron chi connectivity index (χ4n) is 1.78. The third kappa shape index (κ3) is 1.98. The molecule has 0 aliphatic rings. The highest BCUT2D eigenvalue weighted by atomic mass is 16.5. The largest absolute Gasteiger partial charge is 0.497 e. The summed E-state index contributed by atoms with van der Waals surface area (Å²) in [6.45, 7) is 3.86. The molecular formula is C13H14O4. The summed E-state index contributed by atoms with van der Waals surface area (Å²) < 4.78 is 15.7. The van der Waals surface area contributed by atoms with E-state index in [1.807, 2.05) is 0 Å². The first kappa shape index (κ1) is 11.5. The van der Waals surface area contributed by atoms with Crippen LogP contribution in [0.1, 0.15) is 23.0 Å². The average molecular weight is 234 g/mol. The predicted molar refractivity (Wildman–Crippen MR) is 63.5 cm³/mol. The van der Waals surface area contributed by atoms with E-state index < -0.39 is 0 Å². The van der Waals surface area contributed by atoms with Crippen LogP contribution < -0.4 is 4.74 Å². The smallest absolute Gasteiger partial charge is 0.342 e. The zero-order chi connectivity index (χ0) is 12.4. The Balaban J connectivity index is 2.60. The minimum atomic E-state index is -0.364. The maximum atomic E-state index is 11.8. The second-order valence-electron chi connectivity index (χ2n) is 3.62. The van der Waals surface area contributed by atoms with Crippen LogP contribution >= 0.6 is 0 Å². The number of fused-ring (bicyclic) bond motifs is 1. The molecular weight excluding hydrogens is 220 g/mol. The molecule has 2 rings (SSSR count). The molecule has 0 unspecified atom stereocenters. The van der Waals surface area contributed by atoms with E-state index in [2.05, 4.69) is 0 Å². The molecule has 0 radical (unpaired) electrons. The first-order valence-electron chi connectivity index (χ1n) is 5.41. The van der Waals surface area contributed by atoms with E-state index in [1.54, 1.807) is 39.2 Å². The Kier molecular flexibility index (Phi) is 3.04. The minimum absolute atomic E-state index is 0.342. The van der Waals surface area contributed by atoms with E-state index in [1.165, 1.54) is 0 Å². The molecule has 0 aliphatic carbocycles. The lowest BCUT2D eigenvalue weighted by atomic mass is 10.1. The third-order valence-electron chi connectivity index (χ3n) is 2.55. The summed E-state index contributed by atoms with van der Waals surface area (Å²) in [5, 5.41) is 0.723. The molecule has 2 aromatic rings. The highest BCUT2D eigenvalue weighted by Gasteiger charge is 2.19. The third-order valence-corrected chi connectivity index (χ3v) is 2.55. The fourth-order valence-corrected chi connectivity index (χ4v) is 1.78. The van der Waals surface area contributed by atoms with Gasteiger partial charge in [0.1, 0.15) is 22.7 Å². The van der Waals surface area contributed by atoms with Crippen LogP contribution in [0.25, 0.3) is 11.0 Å². The summed E-state index contributed by atoms with van der Waals surface area (Å²) in [4.78, 5) is 11.8. The van der Waals surface area contributed by atoms with Gasteiger partial charge in [0.05, 0.1) is 13.7 Å². The van der Waals surface area contributed by atoms with Gasteiger partial charge < -0.3 is 13.9 Å². The molecule has 90 valence electrons. The number of furan rings is 1. The summed E-state index contributed by atoms with van der Waals surface area (Å²) in [6, 6.07) is 5.35. The van der Waals surface area contributed by atoms with Crippen molar-refractivity contribution in [1.82, 2.24) is 0 Å². The van der Waals surface area contributed by atoms with E-state index in [0.29, 0.717) is 29.3 Å². The first-order chi connectivity index (χ1) is 8.17. The Morgan fingerprint density at radius 1 is 1.41 bits per heavy atom. The summed E-state index contributed by atoms with van der Waals surface area (Å²) in [5.74, 6) is 0.882. The number of hydrogen-bond acceptors (Lipinski definition) is 4. The summed E-state index contributed by atoms with van der Waals surface area (Å²) >= 11 is 0. The Morgan fingerprint density at radius 2 is 2.18 bits per heavy atom. The number of methoxy groups -OCH3 is 1. The number of carbonyl (C=O) groups excluding carboxylic acids is 1. The predicted octanol–water partition coefficient (Wildman–Crippen LogP) is 2.93. The van der Waals surface area contributed by atoms with Crippen LogP contribution in [0.15, 0.2) is 22.6 Å². The Labute approximate surface area is 99.1 Å². The minimum Gasteiger partial charge on any atom is -0.497 e. The van der Waals surface area contributed by atoms with Crippen molar-refractivity contribution in [2.75, 3.05) is 13.7 Å². The van der Waals surface area contributed by atoms with Crippen molar-refractivity contribution >= 4 is 16.9 Å². The zero-order valence-electron chi connectivity index (χ0n) is 10.1. The monoisotopic (exact) mass is 234 g/mol. The van der Waals surface area contributed by atoms with Gasteiger partial charge in [0, 0.05) is 5.39 Å². The normalized spacial score (nSPS) is 10.5. The topological polar surface area (TPSA) is 48.7 Å². The molecule has 0 aliphatic heterocycles. The fraction of sp³-hybridized carbons (Fsp3) is 0.308. The van der Waals surface area contributed by atoms with Gasteiger partial charge in [-0.15, -0.1) is 0 Å². The molecule has 0 amide bonds. The van der Waals surface area contributed by atoms with E-state index in [0.717, 1.165) is 5.39 Å². The van der Waals surface area contributed by atoms with Crippen molar-refractivity contribution in [2.45, 2.75) is 13.8 Å². The molecule has 1 aromatic heterocycles. The number of carbonyl (C=O) groups is 1. The van der Waals surface area contributed by atoms with Gasteiger partial charge in [-0.05, 0) is 32.0 Å². The van der Waals surface area contributed by atoms with Crippen molar-refractivity contribution < 1.29 is 18.7 Å². The maximum absolute atomic E-state index is 11.8. The Bertz CT molecular complexity index is 554. The van der Waals surface area contributed by atoms with Crippen LogP contribution in [0.2, 0.25) is 0 Å². The lowest BCUT2D eigenvalue weighted by Crippen LogP contribution is -2.05. The van der Waals surface area contributed by atoms with Crippen LogP contribution in [-0.2, 0) is 4.74 Å². The second-order valence-corrected chi connectivity index (χ2v) is 3.62. The second kappa shape index (κ2) is 4.49. The molecule has 0 saturated heterocycles. The summed E-state index contributed by atoms with van der Waals surface area (Å²) in [6.07, 6.45) is 0. The van der Waals surface area contributed by atoms with Crippen molar-refractivity contribution in [2.24, 2.45) is 0 Å². The number of esters is 1. The molecule has 0 spiro atoms. The van der Waals surface area contributed by atoms with E-state index in [9.17, 15) is 4.79 Å². The molecule has 4 heteroatoms. The number of benzene rings is 1. The standard InChI is InChI=1S/C13H14O4/c1-4-16-13(14)12-8(2)17-11-6-5-9(15-3)7-10(11)12/h5-7H,4H2,1-3H3. The molecule has 0 fully saturated rings. The molecule has 17 heavy (non-hydrogen) atoms. The van der Waals surface area contributed by atoms with Gasteiger partial charge in [0.15, 0.2) is 0 Å². The van der Waals surface area contributed by atoms with E-state index in [4.69, 9.17) is 13.9 Å². The van der Waals surface area contributed by atoms with Crippen molar-refractivity contribution in [3.05, 3.63) is 29.5 Å². The summed E-state index contributed by atoms with van der Waals surface area (Å²) in [7, 11) is 1.58. The van der Waals surface area contributed by atoms with E-state index >= 15 is 0 Å². The quantitative estimate of drug-likeness (QED) is 0.766. The van der Waals surface area contributed by atoms with E-state index in [-0.39, 0.29) is 5.97 Å². The lowest BCUT2D eigenvalue weighted by molar-refractivity contribution is 0.0526. The van der Waals surface area contributed by atoms with Gasteiger partial charge >= 0.3 is 5.97 Å². The van der Waals surface area contributed by atoms with Crippen molar-refractivity contribution in [1.29, 1.82) is 0 Å². The van der Waals surface area contributed by atoms with Crippen LogP contribution in [0, 0.1) is 6.92 Å². The van der Waals surface area contributed by atoms with Crippen LogP contribution in [-0.4, -0.2) is 19.7 Å². The molecule has 0 saturated carbocycles. The first-order valence-corrected chi connectivity index (χ1v) is 5.41. The lowest BCUT2D eigenvalue weighted by Gasteiger charge is -2.01. The number of ether oxygens (including phenoxy) is 2. The highest BCUT2D eigenvalue weighted by molar-refractivity contribution is 6.04. The average Bonchev–Trinajstić information content (AvgIpc) is 2.64. The van der Waals surface area contributed by atoms with Crippen molar-refractivity contribution in [3.63, 3.8) is 0 Å². The number of hydrogen-bond donors (Lipinski definition) is 0. The van der Waals surface area contributed by atoms with Crippen LogP contribution in [0.4, 0.5) is 0 Å². The van der Waals surface area contributed by atoms with Gasteiger partial charge in [-0.3, -0.25) is 0 Å². The molecule has 4 nitrogen and oxygen atoms in total. The summed E-state index contributed by atoms with van der Waals surface area (Å²) in [5.41, 5.74) is 1.13. The molecule has 0 bridgehead atoms.